The number of hydrogen-bond donors (Lipinski definition) is 4. The molecule has 2 saturated heterocycles. The summed E-state index contributed by atoms with van der Waals surface area (Å²) in [4.78, 5) is 71.6. The topological polar surface area (TPSA) is 208 Å². The molecular formula is C38H53N7O8. The number of hydrogen-bond acceptors (Lipinski definition) is 10. The summed E-state index contributed by atoms with van der Waals surface area (Å²) in [5.41, 5.74) is 13.1. The number of nitrogens with zero attached hydrogens (tertiary/aromatic N) is 3. The molecule has 6 rings (SSSR count). The maximum atomic E-state index is 14.0. The molecule has 5 aliphatic rings. The third kappa shape index (κ3) is 7.85. The van der Waals surface area contributed by atoms with E-state index in [0.29, 0.717) is 49.3 Å². The highest BCUT2D eigenvalue weighted by Gasteiger charge is 2.65. The van der Waals surface area contributed by atoms with Crippen LogP contribution in [0.2, 0.25) is 0 Å². The predicted molar refractivity (Wildman–Crippen MR) is 195 cm³/mol. The van der Waals surface area contributed by atoms with Crippen LogP contribution in [0.3, 0.4) is 0 Å². The lowest BCUT2D eigenvalue weighted by molar-refractivity contribution is -0.131. The molecule has 1 aromatic carbocycles. The van der Waals surface area contributed by atoms with Crippen molar-refractivity contribution in [3.8, 4) is 11.5 Å². The molecule has 53 heavy (non-hydrogen) atoms. The summed E-state index contributed by atoms with van der Waals surface area (Å²) < 4.78 is 18.8. The molecule has 0 unspecified atom stereocenters. The minimum Gasteiger partial charge on any atom is -0.493 e. The van der Waals surface area contributed by atoms with Crippen molar-refractivity contribution in [2.45, 2.75) is 94.7 Å². The number of benzene rings is 1. The van der Waals surface area contributed by atoms with Crippen LogP contribution < -0.4 is 31.6 Å². The van der Waals surface area contributed by atoms with Gasteiger partial charge in [-0.15, -0.1) is 0 Å². The number of aliphatic imine (C=N–C) groups is 1. The van der Waals surface area contributed by atoms with Gasteiger partial charge in [0.15, 0.2) is 29.3 Å². The smallest absolute Gasteiger partial charge is 0.415 e. The molecule has 0 saturated carbocycles. The summed E-state index contributed by atoms with van der Waals surface area (Å²) in [5, 5.41) is 5.43. The molecule has 6 atom stereocenters. The highest BCUT2D eigenvalue weighted by Crippen LogP contribution is 2.63. The van der Waals surface area contributed by atoms with E-state index in [1.807, 2.05) is 12.1 Å². The Labute approximate surface area is 310 Å². The number of nitrogens with one attached hydrogen (secondary N) is 2. The first-order valence-corrected chi connectivity index (χ1v) is 18.8. The summed E-state index contributed by atoms with van der Waals surface area (Å²) in [6.07, 6.45) is 6.45. The van der Waals surface area contributed by atoms with Crippen molar-refractivity contribution >= 4 is 35.4 Å². The first-order chi connectivity index (χ1) is 25.4. The maximum absolute atomic E-state index is 14.0. The van der Waals surface area contributed by atoms with Crippen LogP contribution in [-0.4, -0.2) is 110 Å². The van der Waals surface area contributed by atoms with Gasteiger partial charge in [-0.2, -0.15) is 0 Å². The van der Waals surface area contributed by atoms with E-state index in [-0.39, 0.29) is 67.4 Å². The zero-order chi connectivity index (χ0) is 37.9. The summed E-state index contributed by atoms with van der Waals surface area (Å²) in [7, 11) is 3.84. The van der Waals surface area contributed by atoms with E-state index in [1.165, 1.54) is 18.1 Å². The molecule has 3 heterocycles. The number of Topliss-reactive ketones (excluding diaryl/α,β-unsaturated/α-hetero) is 2. The highest BCUT2D eigenvalue weighted by molar-refractivity contribution is 5.98. The summed E-state index contributed by atoms with van der Waals surface area (Å²) in [6.45, 7) is 2.88. The summed E-state index contributed by atoms with van der Waals surface area (Å²) in [6, 6.07) is 4.18. The number of allylic oxidation sites excluding steroid dienone is 1. The number of piperidine rings is 2. The molecule has 2 aliphatic carbocycles. The molecule has 2 bridgehead atoms. The minimum absolute atomic E-state index is 0.0641. The van der Waals surface area contributed by atoms with Gasteiger partial charge >= 0.3 is 6.09 Å². The minimum atomic E-state index is -0.707. The van der Waals surface area contributed by atoms with Gasteiger partial charge in [0, 0.05) is 49.0 Å². The fourth-order valence-corrected chi connectivity index (χ4v) is 9.24. The zero-order valence-electron chi connectivity index (χ0n) is 31.0. The van der Waals surface area contributed by atoms with Gasteiger partial charge in [0.1, 0.15) is 11.5 Å². The Hall–Kier alpha value is -4.66. The van der Waals surface area contributed by atoms with Crippen molar-refractivity contribution in [1.82, 2.24) is 20.4 Å². The van der Waals surface area contributed by atoms with E-state index in [0.717, 1.165) is 44.4 Å². The van der Waals surface area contributed by atoms with Crippen molar-refractivity contribution < 1.29 is 38.2 Å². The van der Waals surface area contributed by atoms with Gasteiger partial charge in [-0.3, -0.25) is 24.2 Å². The van der Waals surface area contributed by atoms with Crippen LogP contribution in [0.5, 0.6) is 11.5 Å². The highest BCUT2D eigenvalue weighted by atomic mass is 16.6. The second-order valence-electron chi connectivity index (χ2n) is 15.1. The molecule has 1 spiro atoms. The molecule has 15 heteroatoms. The molecule has 0 radical (unpaired) electrons. The van der Waals surface area contributed by atoms with Crippen LogP contribution in [0.1, 0.15) is 75.8 Å². The summed E-state index contributed by atoms with van der Waals surface area (Å²) in [5.74, 6) is -0.00881. The number of ketones is 2. The molecule has 1 aromatic rings. The van der Waals surface area contributed by atoms with Crippen LogP contribution >= 0.6 is 0 Å². The van der Waals surface area contributed by atoms with E-state index in [1.54, 1.807) is 12.0 Å². The molecule has 3 aliphatic heterocycles. The SMILES string of the molecule is COc1ccc2c3c1O[C@H]1C(OC(=O)N4CCCC[C@@H]4CNC(=O)[C@H](CCCN=C(N)N)CC(=O)CNC(=O)CC(C)=O)=CC[C@H]4[C@@H](C2)N(C)CC[C@]314. The van der Waals surface area contributed by atoms with Crippen molar-refractivity contribution in [3.63, 3.8) is 0 Å². The Morgan fingerprint density at radius 1 is 1.13 bits per heavy atom. The van der Waals surface area contributed by atoms with E-state index in [4.69, 9.17) is 25.7 Å². The first kappa shape index (κ1) is 38.1. The number of amides is 3. The number of likely N-dealkylation sites (N-methyl/N-ethyl adjacent to an activating group) is 1. The molecule has 2 fully saturated rings. The number of methoxy groups -OCH3 is 1. The number of rotatable bonds is 15. The molecule has 288 valence electrons. The van der Waals surface area contributed by atoms with E-state index in [9.17, 15) is 24.0 Å². The lowest BCUT2D eigenvalue weighted by atomic mass is 9.53. The van der Waals surface area contributed by atoms with Crippen molar-refractivity contribution in [2.75, 3.05) is 46.9 Å². The predicted octanol–water partition coefficient (Wildman–Crippen LogP) is 1.69. The van der Waals surface area contributed by atoms with E-state index in [2.05, 4.69) is 33.6 Å². The van der Waals surface area contributed by atoms with Gasteiger partial charge in [-0.1, -0.05) is 6.07 Å². The lowest BCUT2D eigenvalue weighted by Gasteiger charge is -2.56. The largest absolute Gasteiger partial charge is 0.493 e. The first-order valence-electron chi connectivity index (χ1n) is 18.8. The van der Waals surface area contributed by atoms with Gasteiger partial charge < -0.3 is 46.1 Å². The number of likely N-dealkylation sites (tertiary alicyclic amines) is 2. The number of carbonyl (C=O) groups excluding carboxylic acids is 5. The Morgan fingerprint density at radius 3 is 2.70 bits per heavy atom. The molecule has 3 amide bonds. The number of carbonyl (C=O) groups is 5. The van der Waals surface area contributed by atoms with Crippen molar-refractivity contribution in [3.05, 3.63) is 35.1 Å². The Kier molecular flexibility index (Phi) is 11.6. The number of guanidine groups is 1. The second-order valence-corrected chi connectivity index (χ2v) is 15.1. The quantitative estimate of drug-likeness (QED) is 0.0882. The van der Waals surface area contributed by atoms with Gasteiger partial charge in [0.25, 0.3) is 0 Å². The van der Waals surface area contributed by atoms with Gasteiger partial charge in [0.05, 0.1) is 26.1 Å². The Bertz CT molecular complexity index is 1680. The van der Waals surface area contributed by atoms with Gasteiger partial charge in [0.2, 0.25) is 11.8 Å². The third-order valence-corrected chi connectivity index (χ3v) is 11.7. The number of nitrogens with two attached hydrogens (primary N) is 2. The van der Waals surface area contributed by atoms with Crippen LogP contribution in [0.25, 0.3) is 0 Å². The summed E-state index contributed by atoms with van der Waals surface area (Å²) >= 11 is 0. The average molecular weight is 736 g/mol. The standard InChI is InChI=1S/C38H53N7O8/c1-22(46)17-31(48)42-21-26(47)18-24(7-6-14-41-36(39)40)35(49)43-20-25-8-4-5-15-45(25)37(50)52-30-12-10-27-28-19-23-9-11-29(51-3)33-32(23)38(27,34(30)53-33)13-16-44(28)2/h9,11-12,24-25,27-28,34H,4-8,10,13-21H2,1-3H3,(H,42,48)(H,43,49)(H4,39,40,41)/t24-,25-,27+,28-,34+,38+/m1/s1. The van der Waals surface area contributed by atoms with Crippen molar-refractivity contribution in [2.24, 2.45) is 28.3 Å². The Balaban J connectivity index is 1.12. The molecule has 6 N–H and O–H groups in total. The molecule has 0 aromatic heterocycles. The zero-order valence-corrected chi connectivity index (χ0v) is 31.0. The van der Waals surface area contributed by atoms with Crippen LogP contribution in [0.15, 0.2) is 29.0 Å². The monoisotopic (exact) mass is 735 g/mol. The maximum Gasteiger partial charge on any atom is 0.415 e. The fraction of sp³-hybridized carbons (Fsp3) is 0.632. The van der Waals surface area contributed by atoms with E-state index >= 15 is 0 Å². The Morgan fingerprint density at radius 2 is 1.94 bits per heavy atom. The van der Waals surface area contributed by atoms with E-state index < -0.39 is 24.0 Å². The second kappa shape index (κ2) is 16.1. The van der Waals surface area contributed by atoms with Crippen LogP contribution in [0.4, 0.5) is 4.79 Å². The lowest BCUT2D eigenvalue weighted by Crippen LogP contribution is -2.63. The van der Waals surface area contributed by atoms with Crippen LogP contribution in [-0.2, 0) is 35.8 Å². The fourth-order valence-electron chi connectivity index (χ4n) is 9.24. The van der Waals surface area contributed by atoms with Gasteiger partial charge in [-0.05, 0) is 95.5 Å². The van der Waals surface area contributed by atoms with Gasteiger partial charge in [-0.25, -0.2) is 4.79 Å². The molecule has 15 nitrogen and oxygen atoms in total. The molecular weight excluding hydrogens is 682 g/mol. The third-order valence-electron chi connectivity index (χ3n) is 11.7. The normalized spacial score (nSPS) is 25.9. The average Bonchev–Trinajstić information content (AvgIpc) is 3.48. The van der Waals surface area contributed by atoms with Crippen molar-refractivity contribution in [1.29, 1.82) is 0 Å². The number of ether oxygens (including phenoxy) is 3. The van der Waals surface area contributed by atoms with Crippen LogP contribution in [0, 0.1) is 11.8 Å².